The third-order valence-electron chi connectivity index (χ3n) is 2.84. The quantitative estimate of drug-likeness (QED) is 0.504. The van der Waals surface area contributed by atoms with E-state index in [0.717, 1.165) is 6.42 Å². The molecule has 0 aliphatic carbocycles. The van der Waals surface area contributed by atoms with Gasteiger partial charge in [-0.05, 0) is 12.8 Å². The smallest absolute Gasteiger partial charge is 0.328 e. The number of nitrogens with one attached hydrogen (secondary N) is 2. The highest BCUT2D eigenvalue weighted by atomic mass is 16.5. The van der Waals surface area contributed by atoms with Gasteiger partial charge in [0.25, 0.3) is 0 Å². The minimum atomic E-state index is -0.659. The molecule has 1 unspecified atom stereocenters. The lowest BCUT2D eigenvalue weighted by atomic mass is 10.1. The molecule has 1 rings (SSSR count). The number of methoxy groups -OCH3 is 1. The predicted octanol–water partition coefficient (Wildman–Crippen LogP) is -1.34. The largest absolute Gasteiger partial charge is 0.467 e. The molecule has 102 valence electrons. The number of carbonyl (C=O) groups excluding carboxylic acids is 3. The van der Waals surface area contributed by atoms with Crippen molar-refractivity contribution < 1.29 is 19.1 Å². The van der Waals surface area contributed by atoms with Crippen molar-refractivity contribution in [1.29, 1.82) is 0 Å². The number of hydrogen-bond donors (Lipinski definition) is 3. The van der Waals surface area contributed by atoms with Gasteiger partial charge in [0, 0.05) is 0 Å². The van der Waals surface area contributed by atoms with E-state index in [4.69, 9.17) is 5.73 Å². The van der Waals surface area contributed by atoms with Crippen LogP contribution in [0, 0.1) is 0 Å². The van der Waals surface area contributed by atoms with Gasteiger partial charge in [-0.15, -0.1) is 0 Å². The lowest BCUT2D eigenvalue weighted by Gasteiger charge is -2.15. The molecule has 0 spiro atoms. The van der Waals surface area contributed by atoms with Crippen LogP contribution in [0.15, 0.2) is 0 Å². The molecule has 1 saturated heterocycles. The summed E-state index contributed by atoms with van der Waals surface area (Å²) in [6, 6.07) is -1.26. The summed E-state index contributed by atoms with van der Waals surface area (Å²) in [6.45, 7) is -0.181. The molecule has 0 aromatic carbocycles. The molecule has 1 fully saturated rings. The van der Waals surface area contributed by atoms with Crippen molar-refractivity contribution >= 4 is 17.8 Å². The molecule has 2 atom stereocenters. The maximum absolute atomic E-state index is 11.5. The number of ether oxygens (including phenoxy) is 1. The van der Waals surface area contributed by atoms with Crippen LogP contribution in [-0.2, 0) is 19.1 Å². The van der Waals surface area contributed by atoms with Gasteiger partial charge in [-0.2, -0.15) is 0 Å². The van der Waals surface area contributed by atoms with Crippen molar-refractivity contribution in [2.24, 2.45) is 5.73 Å². The van der Waals surface area contributed by atoms with Gasteiger partial charge in [0.15, 0.2) is 0 Å². The van der Waals surface area contributed by atoms with Gasteiger partial charge in [-0.1, -0.05) is 12.8 Å². The molecule has 7 heteroatoms. The van der Waals surface area contributed by atoms with Crippen LogP contribution in [0.5, 0.6) is 0 Å². The van der Waals surface area contributed by atoms with Gasteiger partial charge in [-0.25, -0.2) is 4.79 Å². The molecule has 0 aromatic rings. The van der Waals surface area contributed by atoms with E-state index in [1.54, 1.807) is 0 Å². The first kappa shape index (κ1) is 14.4. The van der Waals surface area contributed by atoms with E-state index in [1.165, 1.54) is 7.11 Å². The average molecular weight is 257 g/mol. The van der Waals surface area contributed by atoms with Crippen molar-refractivity contribution in [3.05, 3.63) is 0 Å². The lowest BCUT2D eigenvalue weighted by molar-refractivity contribution is -0.145. The van der Waals surface area contributed by atoms with Crippen LogP contribution in [0.3, 0.4) is 0 Å². The van der Waals surface area contributed by atoms with Gasteiger partial charge in [0.2, 0.25) is 11.8 Å². The van der Waals surface area contributed by atoms with E-state index in [9.17, 15) is 14.4 Å². The van der Waals surface area contributed by atoms with Crippen LogP contribution in [0.25, 0.3) is 0 Å². The molecule has 1 heterocycles. The Morgan fingerprint density at radius 1 is 1.33 bits per heavy atom. The van der Waals surface area contributed by atoms with Gasteiger partial charge < -0.3 is 21.1 Å². The Balaban J connectivity index is 2.65. The van der Waals surface area contributed by atoms with Crippen molar-refractivity contribution in [1.82, 2.24) is 10.6 Å². The normalized spacial score (nSPS) is 26.6. The zero-order valence-electron chi connectivity index (χ0n) is 10.4. The molecule has 0 aromatic heterocycles. The maximum Gasteiger partial charge on any atom is 0.328 e. The van der Waals surface area contributed by atoms with Crippen LogP contribution in [0.2, 0.25) is 0 Å². The molecular formula is C11H19N3O4. The van der Waals surface area contributed by atoms with E-state index >= 15 is 0 Å². The SMILES string of the molecule is COC(=O)C1CCCC[C@H](N)C(=O)NCC(=O)N1. The van der Waals surface area contributed by atoms with E-state index in [0.29, 0.717) is 19.3 Å². The molecule has 0 bridgehead atoms. The zero-order valence-corrected chi connectivity index (χ0v) is 10.4. The summed E-state index contributed by atoms with van der Waals surface area (Å²) < 4.78 is 4.61. The summed E-state index contributed by atoms with van der Waals surface area (Å²) in [4.78, 5) is 34.4. The lowest BCUT2D eigenvalue weighted by Crippen LogP contribution is -2.48. The molecule has 2 amide bonds. The van der Waals surface area contributed by atoms with E-state index < -0.39 is 24.0 Å². The summed E-state index contributed by atoms with van der Waals surface area (Å²) in [6.07, 6.45) is 2.44. The minimum Gasteiger partial charge on any atom is -0.467 e. The van der Waals surface area contributed by atoms with Gasteiger partial charge >= 0.3 is 5.97 Å². The molecule has 7 nitrogen and oxygen atoms in total. The Labute approximate surface area is 105 Å². The zero-order chi connectivity index (χ0) is 13.5. The summed E-state index contributed by atoms with van der Waals surface area (Å²) >= 11 is 0. The number of carbonyl (C=O) groups is 3. The minimum absolute atomic E-state index is 0.181. The third kappa shape index (κ3) is 4.33. The average Bonchev–Trinajstić information content (AvgIpc) is 2.39. The van der Waals surface area contributed by atoms with Gasteiger partial charge in [-0.3, -0.25) is 9.59 Å². The van der Waals surface area contributed by atoms with Crippen molar-refractivity contribution in [3.8, 4) is 0 Å². The molecular weight excluding hydrogens is 238 g/mol. The Hall–Kier alpha value is -1.63. The molecule has 18 heavy (non-hydrogen) atoms. The van der Waals surface area contributed by atoms with Crippen LogP contribution < -0.4 is 16.4 Å². The van der Waals surface area contributed by atoms with Gasteiger partial charge in [0.1, 0.15) is 6.04 Å². The van der Waals surface area contributed by atoms with Gasteiger partial charge in [0.05, 0.1) is 19.7 Å². The fourth-order valence-electron chi connectivity index (χ4n) is 1.78. The summed E-state index contributed by atoms with van der Waals surface area (Å²) in [5.74, 6) is -1.24. The second-order valence-electron chi connectivity index (χ2n) is 4.25. The predicted molar refractivity (Wildman–Crippen MR) is 63.4 cm³/mol. The fraction of sp³-hybridized carbons (Fsp3) is 0.727. The third-order valence-corrected chi connectivity index (χ3v) is 2.84. The second-order valence-corrected chi connectivity index (χ2v) is 4.25. The van der Waals surface area contributed by atoms with Crippen LogP contribution in [-0.4, -0.2) is 43.5 Å². The number of amides is 2. The monoisotopic (exact) mass is 257 g/mol. The highest BCUT2D eigenvalue weighted by molar-refractivity contribution is 5.89. The Morgan fingerprint density at radius 3 is 2.67 bits per heavy atom. The van der Waals surface area contributed by atoms with E-state index in [-0.39, 0.29) is 12.5 Å². The first-order valence-electron chi connectivity index (χ1n) is 5.95. The van der Waals surface area contributed by atoms with Crippen molar-refractivity contribution in [3.63, 3.8) is 0 Å². The highest BCUT2D eigenvalue weighted by Gasteiger charge is 2.23. The standard InChI is InChI=1S/C11H19N3O4/c1-18-11(17)8-5-3-2-4-7(12)10(16)13-6-9(15)14-8/h7-8H,2-6,12H2,1H3,(H,13,16)(H,14,15)/t7-,8?/m0/s1. The second kappa shape index (κ2) is 6.95. The Morgan fingerprint density at radius 2 is 2.00 bits per heavy atom. The maximum atomic E-state index is 11.5. The van der Waals surface area contributed by atoms with Crippen molar-refractivity contribution in [2.75, 3.05) is 13.7 Å². The van der Waals surface area contributed by atoms with E-state index in [2.05, 4.69) is 15.4 Å². The first-order chi connectivity index (χ1) is 8.54. The van der Waals surface area contributed by atoms with Crippen LogP contribution in [0.1, 0.15) is 25.7 Å². The fourth-order valence-corrected chi connectivity index (χ4v) is 1.78. The van der Waals surface area contributed by atoms with Crippen LogP contribution in [0.4, 0.5) is 0 Å². The van der Waals surface area contributed by atoms with Crippen LogP contribution >= 0.6 is 0 Å². The number of esters is 1. The summed E-state index contributed by atoms with van der Waals surface area (Å²) in [5, 5.41) is 4.96. The molecule has 0 radical (unpaired) electrons. The molecule has 4 N–H and O–H groups in total. The molecule has 1 aliphatic heterocycles. The number of rotatable bonds is 1. The molecule has 1 aliphatic rings. The number of nitrogens with two attached hydrogens (primary N) is 1. The highest BCUT2D eigenvalue weighted by Crippen LogP contribution is 2.07. The van der Waals surface area contributed by atoms with E-state index in [1.807, 2.05) is 0 Å². The topological polar surface area (TPSA) is 111 Å². The Bertz CT molecular complexity index is 332. The van der Waals surface area contributed by atoms with Crippen molar-refractivity contribution in [2.45, 2.75) is 37.8 Å². The first-order valence-corrected chi connectivity index (χ1v) is 5.95. The summed E-state index contributed by atoms with van der Waals surface area (Å²) in [5.41, 5.74) is 5.65. The summed E-state index contributed by atoms with van der Waals surface area (Å²) in [7, 11) is 1.28. The number of hydrogen-bond acceptors (Lipinski definition) is 5. The Kier molecular flexibility index (Phi) is 5.57. The molecule has 0 saturated carbocycles.